The fraction of sp³-hybridized carbons (Fsp3) is 0.211. The lowest BCUT2D eigenvalue weighted by molar-refractivity contribution is -0.383. The van der Waals surface area contributed by atoms with Crippen molar-refractivity contribution in [2.24, 2.45) is 0 Å². The Morgan fingerprint density at radius 3 is 2.41 bits per heavy atom. The van der Waals surface area contributed by atoms with E-state index < -0.39 is 14.8 Å². The number of para-hydroxylation sites is 1. The quantitative estimate of drug-likeness (QED) is 0.525. The number of aryl methyl sites for hydroxylation is 1. The molecular weight excluding hydrogens is 366 g/mol. The Kier molecular flexibility index (Phi) is 4.84. The number of aromatic nitrogens is 1. The Labute approximate surface area is 157 Å². The molecule has 0 saturated carbocycles. The highest BCUT2D eigenvalue weighted by atomic mass is 32.2. The van der Waals surface area contributed by atoms with Gasteiger partial charge >= 0.3 is 0 Å². The summed E-state index contributed by atoms with van der Waals surface area (Å²) in [6, 6.07) is 13.2. The lowest BCUT2D eigenvalue weighted by Crippen LogP contribution is -2.08. The van der Waals surface area contributed by atoms with Crippen LogP contribution in [0.1, 0.15) is 24.2 Å². The van der Waals surface area contributed by atoms with Crippen LogP contribution in [0, 0.1) is 17.0 Å². The third-order valence-electron chi connectivity index (χ3n) is 4.32. The molecule has 0 amide bonds. The number of nitrogens with zero attached hydrogens (tertiary/aromatic N) is 2. The number of nitrogens with one attached hydrogen (secondary N) is 1. The van der Waals surface area contributed by atoms with Gasteiger partial charge in [-0.1, -0.05) is 24.3 Å². The van der Waals surface area contributed by atoms with E-state index in [1.807, 2.05) is 13.0 Å². The van der Waals surface area contributed by atoms with Crippen LogP contribution in [0.25, 0.3) is 10.9 Å². The predicted octanol–water partition coefficient (Wildman–Crippen LogP) is 4.03. The number of hydrogen-bond acceptors (Lipinski definition) is 6. The van der Waals surface area contributed by atoms with Crippen molar-refractivity contribution >= 4 is 32.1 Å². The molecule has 0 aliphatic heterocycles. The summed E-state index contributed by atoms with van der Waals surface area (Å²) < 4.78 is 23.2. The first-order valence-corrected chi connectivity index (χ1v) is 10.2. The highest BCUT2D eigenvalue weighted by Crippen LogP contribution is 2.32. The number of sulfone groups is 1. The Balaban J connectivity index is 1.99. The maximum Gasteiger partial charge on any atom is 0.295 e. The van der Waals surface area contributed by atoms with E-state index in [1.165, 1.54) is 12.3 Å². The zero-order chi connectivity index (χ0) is 19.8. The van der Waals surface area contributed by atoms with Crippen LogP contribution in [0.3, 0.4) is 0 Å². The number of rotatable bonds is 5. The van der Waals surface area contributed by atoms with Crippen LogP contribution in [-0.2, 0) is 9.84 Å². The number of pyridine rings is 1. The van der Waals surface area contributed by atoms with E-state index in [4.69, 9.17) is 0 Å². The molecular formula is C19H19N3O4S. The van der Waals surface area contributed by atoms with Crippen molar-refractivity contribution in [3.63, 3.8) is 0 Å². The third kappa shape index (κ3) is 3.90. The van der Waals surface area contributed by atoms with Crippen molar-refractivity contribution in [2.45, 2.75) is 24.8 Å². The third-order valence-corrected chi connectivity index (χ3v) is 5.45. The molecule has 0 fully saturated rings. The summed E-state index contributed by atoms with van der Waals surface area (Å²) in [6.07, 6.45) is 1.17. The van der Waals surface area contributed by atoms with Crippen molar-refractivity contribution in [1.82, 2.24) is 4.98 Å². The first-order chi connectivity index (χ1) is 12.7. The monoisotopic (exact) mass is 385 g/mol. The van der Waals surface area contributed by atoms with Crippen molar-refractivity contribution in [2.75, 3.05) is 11.6 Å². The largest absolute Gasteiger partial charge is 0.378 e. The van der Waals surface area contributed by atoms with Gasteiger partial charge in [-0.3, -0.25) is 10.1 Å². The molecule has 3 rings (SSSR count). The van der Waals surface area contributed by atoms with Gasteiger partial charge in [0.25, 0.3) is 5.69 Å². The highest BCUT2D eigenvalue weighted by molar-refractivity contribution is 7.90. The zero-order valence-electron chi connectivity index (χ0n) is 15.1. The summed E-state index contributed by atoms with van der Waals surface area (Å²) in [7, 11) is -3.24. The minimum atomic E-state index is -3.24. The van der Waals surface area contributed by atoms with Crippen molar-refractivity contribution in [3.8, 4) is 0 Å². The van der Waals surface area contributed by atoms with Gasteiger partial charge < -0.3 is 5.32 Å². The molecule has 8 heteroatoms. The Morgan fingerprint density at radius 1 is 1.15 bits per heavy atom. The van der Waals surface area contributed by atoms with Crippen LogP contribution in [0.5, 0.6) is 0 Å². The van der Waals surface area contributed by atoms with Gasteiger partial charge in [-0.15, -0.1) is 0 Å². The molecule has 1 heterocycles. The molecule has 1 atom stereocenters. The van der Waals surface area contributed by atoms with Crippen LogP contribution in [-0.4, -0.2) is 24.6 Å². The van der Waals surface area contributed by atoms with Gasteiger partial charge in [-0.05, 0) is 37.6 Å². The first kappa shape index (κ1) is 18.8. The molecule has 2 aromatic carbocycles. The van der Waals surface area contributed by atoms with E-state index in [-0.39, 0.29) is 16.6 Å². The molecule has 0 aliphatic rings. The molecule has 0 saturated heterocycles. The molecule has 1 aromatic heterocycles. The molecule has 0 spiro atoms. The maximum atomic E-state index is 11.6. The van der Waals surface area contributed by atoms with Crippen LogP contribution in [0.15, 0.2) is 53.4 Å². The van der Waals surface area contributed by atoms with E-state index in [0.717, 1.165) is 11.3 Å². The van der Waals surface area contributed by atoms with Crippen molar-refractivity contribution in [1.29, 1.82) is 0 Å². The van der Waals surface area contributed by atoms with Crippen LogP contribution < -0.4 is 5.32 Å². The van der Waals surface area contributed by atoms with E-state index in [2.05, 4.69) is 10.3 Å². The summed E-state index contributed by atoms with van der Waals surface area (Å²) in [5, 5.41) is 15.3. The van der Waals surface area contributed by atoms with E-state index in [9.17, 15) is 18.5 Å². The SMILES string of the molecule is Cc1cc(NC(C)c2ccc(S(C)(=O)=O)cc2)c2cccc([N+](=O)[O-])c2n1. The average molecular weight is 385 g/mol. The average Bonchev–Trinajstić information content (AvgIpc) is 2.60. The molecule has 0 radical (unpaired) electrons. The summed E-state index contributed by atoms with van der Waals surface area (Å²) in [5.41, 5.74) is 2.60. The second-order valence-corrected chi connectivity index (χ2v) is 8.46. The molecule has 1 unspecified atom stereocenters. The number of anilines is 1. The highest BCUT2D eigenvalue weighted by Gasteiger charge is 2.17. The maximum absolute atomic E-state index is 11.6. The topological polar surface area (TPSA) is 102 Å². The number of non-ortho nitro benzene ring substituents is 1. The molecule has 7 nitrogen and oxygen atoms in total. The Bertz CT molecular complexity index is 1130. The second-order valence-electron chi connectivity index (χ2n) is 6.45. The standard InChI is InChI=1S/C19H19N3O4S/c1-12-11-17(16-5-4-6-18(22(23)24)19(16)20-12)21-13(2)14-7-9-15(10-8-14)27(3,25)26/h4-11,13H,1-3H3,(H,20,21). The normalized spacial score (nSPS) is 12.7. The van der Waals surface area contributed by atoms with Crippen LogP contribution in [0.2, 0.25) is 0 Å². The summed E-state index contributed by atoms with van der Waals surface area (Å²) >= 11 is 0. The smallest absolute Gasteiger partial charge is 0.295 e. The number of nitro groups is 1. The van der Waals surface area contributed by atoms with Crippen molar-refractivity contribution in [3.05, 3.63) is 69.9 Å². The predicted molar refractivity (Wildman–Crippen MR) is 105 cm³/mol. The molecule has 0 bridgehead atoms. The van der Waals surface area contributed by atoms with Crippen molar-refractivity contribution < 1.29 is 13.3 Å². The zero-order valence-corrected chi connectivity index (χ0v) is 15.9. The lowest BCUT2D eigenvalue weighted by Gasteiger charge is -2.18. The van der Waals surface area contributed by atoms with E-state index >= 15 is 0 Å². The Morgan fingerprint density at radius 2 is 1.81 bits per heavy atom. The first-order valence-electron chi connectivity index (χ1n) is 8.28. The number of nitro benzene ring substituents is 1. The van der Waals surface area contributed by atoms with Gasteiger partial charge in [0.1, 0.15) is 0 Å². The van der Waals surface area contributed by atoms with Crippen LogP contribution in [0.4, 0.5) is 11.4 Å². The molecule has 1 N–H and O–H groups in total. The summed E-state index contributed by atoms with van der Waals surface area (Å²) in [5.74, 6) is 0. The van der Waals surface area contributed by atoms with Gasteiger partial charge in [-0.2, -0.15) is 0 Å². The second kappa shape index (κ2) is 6.96. The van der Waals surface area contributed by atoms with Gasteiger partial charge in [0.15, 0.2) is 15.4 Å². The van der Waals surface area contributed by atoms with Gasteiger partial charge in [0.2, 0.25) is 0 Å². The summed E-state index contributed by atoms with van der Waals surface area (Å²) in [4.78, 5) is 15.4. The van der Waals surface area contributed by atoms with E-state index in [0.29, 0.717) is 16.6 Å². The fourth-order valence-corrected chi connectivity index (χ4v) is 3.58. The molecule has 0 aliphatic carbocycles. The summed E-state index contributed by atoms with van der Waals surface area (Å²) in [6.45, 7) is 3.72. The number of fused-ring (bicyclic) bond motifs is 1. The minimum absolute atomic E-state index is 0.0376. The fourth-order valence-electron chi connectivity index (χ4n) is 2.95. The molecule has 140 valence electrons. The Hall–Kier alpha value is -3.00. The minimum Gasteiger partial charge on any atom is -0.378 e. The molecule has 3 aromatic rings. The number of benzene rings is 2. The lowest BCUT2D eigenvalue weighted by atomic mass is 10.1. The number of hydrogen-bond donors (Lipinski definition) is 1. The van der Waals surface area contributed by atoms with Gasteiger partial charge in [0, 0.05) is 35.1 Å². The van der Waals surface area contributed by atoms with Crippen LogP contribution >= 0.6 is 0 Å². The van der Waals surface area contributed by atoms with Gasteiger partial charge in [-0.25, -0.2) is 13.4 Å². The molecule has 27 heavy (non-hydrogen) atoms. The van der Waals surface area contributed by atoms with E-state index in [1.54, 1.807) is 43.3 Å². The van der Waals surface area contributed by atoms with Gasteiger partial charge in [0.05, 0.1) is 9.82 Å².